The molecule has 0 aromatic carbocycles. The minimum atomic E-state index is 0.0161. The summed E-state index contributed by atoms with van der Waals surface area (Å²) in [5, 5.41) is 4.28. The Kier molecular flexibility index (Phi) is 4.08. The van der Waals surface area contributed by atoms with Gasteiger partial charge in [0, 0.05) is 25.4 Å². The number of likely N-dealkylation sites (tertiary alicyclic amines) is 1. The molecule has 0 unspecified atom stereocenters. The Morgan fingerprint density at radius 2 is 1.95 bits per heavy atom. The summed E-state index contributed by atoms with van der Waals surface area (Å²) in [6, 6.07) is 0. The summed E-state index contributed by atoms with van der Waals surface area (Å²) in [6.07, 6.45) is 10.5. The molecule has 0 radical (unpaired) electrons. The van der Waals surface area contributed by atoms with E-state index in [1.807, 2.05) is 36.6 Å². The minimum absolute atomic E-state index is 0.0161. The molecule has 120 valence electrons. The maximum Gasteiger partial charge on any atom is 0.0956 e. The smallest absolute Gasteiger partial charge is 0.0956 e. The summed E-state index contributed by atoms with van der Waals surface area (Å²) in [7, 11) is 1.95. The lowest BCUT2D eigenvalue weighted by molar-refractivity contribution is 0.136. The van der Waals surface area contributed by atoms with E-state index in [0.717, 1.165) is 23.7 Å². The monoisotopic (exact) mass is 301 g/mol. The molecule has 0 amide bonds. The third-order valence-electron chi connectivity index (χ3n) is 4.78. The first-order chi connectivity index (χ1) is 10.5. The van der Waals surface area contributed by atoms with Gasteiger partial charge in [0.05, 0.1) is 30.0 Å². The molecule has 0 saturated carbocycles. The number of hydrogen-bond acceptors (Lipinski definition) is 3. The van der Waals surface area contributed by atoms with Crippen LogP contribution in [0.1, 0.15) is 33.6 Å². The zero-order valence-electron chi connectivity index (χ0n) is 14.2. The second-order valence-electron chi connectivity index (χ2n) is 7.32. The van der Waals surface area contributed by atoms with Crippen LogP contribution in [0, 0.1) is 5.92 Å². The summed E-state index contributed by atoms with van der Waals surface area (Å²) in [5.74, 6) is 0.874. The van der Waals surface area contributed by atoms with Crippen molar-refractivity contribution in [2.75, 3.05) is 19.6 Å². The number of nitrogens with zero attached hydrogens (tertiary/aromatic N) is 5. The predicted molar refractivity (Wildman–Crippen MR) is 88.6 cm³/mol. The highest BCUT2D eigenvalue weighted by Gasteiger charge is 2.28. The van der Waals surface area contributed by atoms with Gasteiger partial charge >= 0.3 is 0 Å². The molecule has 22 heavy (non-hydrogen) atoms. The van der Waals surface area contributed by atoms with Crippen LogP contribution in [0.25, 0.3) is 11.3 Å². The van der Waals surface area contributed by atoms with Crippen molar-refractivity contribution in [1.82, 2.24) is 24.2 Å². The number of aromatic nitrogens is 4. The SMILES string of the molecule is CC1CCN(CC(C)(C)n2cncc2-c2cnn(C)c2)CC1. The van der Waals surface area contributed by atoms with E-state index in [2.05, 4.69) is 40.3 Å². The van der Waals surface area contributed by atoms with Gasteiger partial charge in [-0.1, -0.05) is 6.92 Å². The molecule has 0 spiro atoms. The molecule has 1 saturated heterocycles. The Bertz CT molecular complexity index is 617. The van der Waals surface area contributed by atoms with Crippen molar-refractivity contribution >= 4 is 0 Å². The normalized spacial score (nSPS) is 18.0. The fourth-order valence-corrected chi connectivity index (χ4v) is 3.39. The van der Waals surface area contributed by atoms with E-state index in [0.29, 0.717) is 0 Å². The largest absolute Gasteiger partial charge is 0.324 e. The van der Waals surface area contributed by atoms with Gasteiger partial charge in [0.2, 0.25) is 0 Å². The van der Waals surface area contributed by atoms with Crippen molar-refractivity contribution in [3.05, 3.63) is 24.9 Å². The lowest BCUT2D eigenvalue weighted by Gasteiger charge is -2.38. The molecule has 1 aliphatic rings. The zero-order chi connectivity index (χ0) is 15.7. The van der Waals surface area contributed by atoms with E-state index < -0.39 is 0 Å². The topological polar surface area (TPSA) is 38.9 Å². The number of hydrogen-bond donors (Lipinski definition) is 0. The summed E-state index contributed by atoms with van der Waals surface area (Å²) < 4.78 is 4.13. The van der Waals surface area contributed by atoms with Gasteiger partial charge < -0.3 is 9.47 Å². The third-order valence-corrected chi connectivity index (χ3v) is 4.78. The highest BCUT2D eigenvalue weighted by Crippen LogP contribution is 2.27. The van der Waals surface area contributed by atoms with Gasteiger partial charge in [-0.25, -0.2) is 4.98 Å². The van der Waals surface area contributed by atoms with Crippen molar-refractivity contribution < 1.29 is 0 Å². The standard InChI is InChI=1S/C17H27N5/c1-14-5-7-21(8-6-14)12-17(2,3)22-13-18-10-16(22)15-9-19-20(4)11-15/h9-11,13-14H,5-8,12H2,1-4H3. The van der Waals surface area contributed by atoms with E-state index in [9.17, 15) is 0 Å². The molecular weight excluding hydrogens is 274 g/mol. The molecule has 0 atom stereocenters. The average Bonchev–Trinajstić information content (AvgIpc) is 3.09. The quantitative estimate of drug-likeness (QED) is 0.871. The van der Waals surface area contributed by atoms with Gasteiger partial charge in [-0.05, 0) is 45.7 Å². The van der Waals surface area contributed by atoms with Crippen molar-refractivity contribution in [3.8, 4) is 11.3 Å². The van der Waals surface area contributed by atoms with Crippen molar-refractivity contribution in [2.24, 2.45) is 13.0 Å². The third kappa shape index (κ3) is 3.09. The van der Waals surface area contributed by atoms with E-state index >= 15 is 0 Å². The van der Waals surface area contributed by atoms with Gasteiger partial charge in [-0.2, -0.15) is 5.10 Å². The first-order valence-electron chi connectivity index (χ1n) is 8.20. The highest BCUT2D eigenvalue weighted by molar-refractivity contribution is 5.57. The fraction of sp³-hybridized carbons (Fsp3) is 0.647. The van der Waals surface area contributed by atoms with Crippen LogP contribution in [-0.2, 0) is 12.6 Å². The average molecular weight is 301 g/mol. The van der Waals surface area contributed by atoms with Crippen LogP contribution in [0.4, 0.5) is 0 Å². The van der Waals surface area contributed by atoms with Crippen LogP contribution in [0.2, 0.25) is 0 Å². The first-order valence-corrected chi connectivity index (χ1v) is 8.20. The molecule has 1 fully saturated rings. The lowest BCUT2D eigenvalue weighted by Crippen LogP contribution is -2.44. The van der Waals surface area contributed by atoms with Gasteiger partial charge in [0.15, 0.2) is 0 Å². The van der Waals surface area contributed by atoms with Gasteiger partial charge in [-0.15, -0.1) is 0 Å². The molecule has 0 N–H and O–H groups in total. The van der Waals surface area contributed by atoms with Gasteiger partial charge in [0.1, 0.15) is 0 Å². The molecule has 1 aliphatic heterocycles. The Morgan fingerprint density at radius 1 is 1.23 bits per heavy atom. The Labute approximate surface area is 133 Å². The Hall–Kier alpha value is -1.62. The van der Waals surface area contributed by atoms with Crippen LogP contribution in [0.5, 0.6) is 0 Å². The van der Waals surface area contributed by atoms with Crippen LogP contribution in [0.15, 0.2) is 24.9 Å². The van der Waals surface area contributed by atoms with Crippen molar-refractivity contribution in [2.45, 2.75) is 39.2 Å². The lowest BCUT2D eigenvalue weighted by atomic mass is 9.96. The molecular formula is C17H27N5. The molecule has 3 rings (SSSR count). The fourth-order valence-electron chi connectivity index (χ4n) is 3.39. The molecule has 0 aliphatic carbocycles. The number of rotatable bonds is 4. The number of imidazole rings is 1. The molecule has 5 nitrogen and oxygen atoms in total. The molecule has 3 heterocycles. The zero-order valence-corrected chi connectivity index (χ0v) is 14.2. The molecule has 2 aromatic rings. The number of aryl methyl sites for hydroxylation is 1. The van der Waals surface area contributed by atoms with E-state index in [1.165, 1.54) is 25.9 Å². The highest BCUT2D eigenvalue weighted by atomic mass is 15.2. The summed E-state index contributed by atoms with van der Waals surface area (Å²) in [5.41, 5.74) is 2.28. The molecule has 2 aromatic heterocycles. The van der Waals surface area contributed by atoms with Gasteiger partial charge in [-0.3, -0.25) is 4.68 Å². The van der Waals surface area contributed by atoms with E-state index in [-0.39, 0.29) is 5.54 Å². The van der Waals surface area contributed by atoms with E-state index in [4.69, 9.17) is 0 Å². The molecule has 0 bridgehead atoms. The number of piperidine rings is 1. The summed E-state index contributed by atoms with van der Waals surface area (Å²) >= 11 is 0. The van der Waals surface area contributed by atoms with Crippen molar-refractivity contribution in [3.63, 3.8) is 0 Å². The molecule has 5 heteroatoms. The van der Waals surface area contributed by atoms with E-state index in [1.54, 1.807) is 0 Å². The second-order valence-corrected chi connectivity index (χ2v) is 7.32. The van der Waals surface area contributed by atoms with Crippen molar-refractivity contribution in [1.29, 1.82) is 0 Å². The predicted octanol–water partition coefficient (Wildman–Crippen LogP) is 2.75. The Morgan fingerprint density at radius 3 is 2.59 bits per heavy atom. The maximum atomic E-state index is 4.39. The maximum absolute atomic E-state index is 4.39. The van der Waals surface area contributed by atoms with Crippen LogP contribution < -0.4 is 0 Å². The van der Waals surface area contributed by atoms with Crippen LogP contribution in [0.3, 0.4) is 0 Å². The second kappa shape index (κ2) is 5.88. The first kappa shape index (κ1) is 15.3. The Balaban J connectivity index is 1.79. The summed E-state index contributed by atoms with van der Waals surface area (Å²) in [6.45, 7) is 10.4. The van der Waals surface area contributed by atoms with Crippen LogP contribution in [-0.4, -0.2) is 43.9 Å². The van der Waals surface area contributed by atoms with Gasteiger partial charge in [0.25, 0.3) is 0 Å². The van der Waals surface area contributed by atoms with Crippen LogP contribution >= 0.6 is 0 Å². The minimum Gasteiger partial charge on any atom is -0.324 e. The summed E-state index contributed by atoms with van der Waals surface area (Å²) in [4.78, 5) is 6.98.